The summed E-state index contributed by atoms with van der Waals surface area (Å²) in [6, 6.07) is 5.40. The van der Waals surface area contributed by atoms with E-state index in [0.29, 0.717) is 10.6 Å². The van der Waals surface area contributed by atoms with E-state index < -0.39 is 0 Å². The summed E-state index contributed by atoms with van der Waals surface area (Å²) in [5, 5.41) is 0.633. The molecule has 0 atom stereocenters. The number of halogens is 2. The number of carbonyl (C=O) groups is 1. The van der Waals surface area contributed by atoms with E-state index in [4.69, 9.17) is 11.6 Å². The van der Waals surface area contributed by atoms with Gasteiger partial charge in [-0.15, -0.1) is 0 Å². The minimum Gasteiger partial charge on any atom is -0.339 e. The molecule has 0 unspecified atom stereocenters. The molecular weight excluding hydrogens is 324 g/mol. The Balaban J connectivity index is 2.96. The quantitative estimate of drug-likeness (QED) is 0.774. The van der Waals surface area contributed by atoms with Crippen molar-refractivity contribution in [2.75, 3.05) is 13.1 Å². The smallest absolute Gasteiger partial charge is 0.253 e. The first-order chi connectivity index (χ1) is 7.10. The van der Waals surface area contributed by atoms with Crippen LogP contribution in [0.4, 0.5) is 0 Å². The van der Waals surface area contributed by atoms with Gasteiger partial charge in [-0.3, -0.25) is 4.79 Å². The van der Waals surface area contributed by atoms with Gasteiger partial charge in [-0.05, 0) is 54.6 Å². The SMILES string of the molecule is CCN(CC)C(=O)c1ccc(I)c(Cl)c1. The Morgan fingerprint density at radius 2 is 2.00 bits per heavy atom. The van der Waals surface area contributed by atoms with Crippen molar-refractivity contribution >= 4 is 40.1 Å². The van der Waals surface area contributed by atoms with Gasteiger partial charge < -0.3 is 4.90 Å². The summed E-state index contributed by atoms with van der Waals surface area (Å²) in [6.07, 6.45) is 0. The van der Waals surface area contributed by atoms with Crippen LogP contribution in [0.25, 0.3) is 0 Å². The first-order valence-electron chi connectivity index (χ1n) is 4.84. The number of carbonyl (C=O) groups excluding carboxylic acids is 1. The van der Waals surface area contributed by atoms with Crippen LogP contribution in [0.1, 0.15) is 24.2 Å². The molecule has 0 saturated heterocycles. The molecular formula is C11H13ClINO. The van der Waals surface area contributed by atoms with E-state index in [2.05, 4.69) is 22.6 Å². The number of nitrogens with zero attached hydrogens (tertiary/aromatic N) is 1. The summed E-state index contributed by atoms with van der Waals surface area (Å²) in [4.78, 5) is 13.7. The molecule has 0 aromatic heterocycles. The minimum absolute atomic E-state index is 0.0401. The number of rotatable bonds is 3. The Morgan fingerprint density at radius 1 is 1.40 bits per heavy atom. The van der Waals surface area contributed by atoms with E-state index in [1.807, 2.05) is 26.0 Å². The molecule has 82 valence electrons. The molecule has 0 saturated carbocycles. The van der Waals surface area contributed by atoms with Crippen LogP contribution in [0.5, 0.6) is 0 Å². The van der Waals surface area contributed by atoms with Gasteiger partial charge in [-0.25, -0.2) is 0 Å². The van der Waals surface area contributed by atoms with E-state index in [1.54, 1.807) is 11.0 Å². The molecule has 1 aromatic carbocycles. The number of benzene rings is 1. The van der Waals surface area contributed by atoms with Crippen molar-refractivity contribution in [1.29, 1.82) is 0 Å². The van der Waals surface area contributed by atoms with Crippen LogP contribution in [0.3, 0.4) is 0 Å². The Hall–Kier alpha value is -0.290. The lowest BCUT2D eigenvalue weighted by molar-refractivity contribution is 0.0773. The number of hydrogen-bond donors (Lipinski definition) is 0. The van der Waals surface area contributed by atoms with Gasteiger partial charge in [0.15, 0.2) is 0 Å². The summed E-state index contributed by atoms with van der Waals surface area (Å²) in [5.41, 5.74) is 0.657. The van der Waals surface area contributed by atoms with Gasteiger partial charge in [0.05, 0.1) is 5.02 Å². The molecule has 1 rings (SSSR count). The van der Waals surface area contributed by atoms with E-state index in [0.717, 1.165) is 16.7 Å². The topological polar surface area (TPSA) is 20.3 Å². The van der Waals surface area contributed by atoms with Crippen molar-refractivity contribution < 1.29 is 4.79 Å². The molecule has 0 bridgehead atoms. The molecule has 15 heavy (non-hydrogen) atoms. The second-order valence-corrected chi connectivity index (χ2v) is 4.68. The molecule has 0 N–H and O–H groups in total. The van der Waals surface area contributed by atoms with Gasteiger partial charge in [0.2, 0.25) is 0 Å². The average molecular weight is 338 g/mol. The largest absolute Gasteiger partial charge is 0.339 e. The summed E-state index contributed by atoms with van der Waals surface area (Å²) in [7, 11) is 0. The van der Waals surface area contributed by atoms with Crippen LogP contribution in [0.2, 0.25) is 5.02 Å². The van der Waals surface area contributed by atoms with Crippen LogP contribution in [0, 0.1) is 3.57 Å². The third kappa shape index (κ3) is 3.08. The predicted octanol–water partition coefficient (Wildman–Crippen LogP) is 3.43. The molecule has 0 radical (unpaired) electrons. The van der Waals surface area contributed by atoms with Gasteiger partial charge in [0.1, 0.15) is 0 Å². The standard InChI is InChI=1S/C11H13ClINO/c1-3-14(4-2)11(15)8-5-6-10(13)9(12)7-8/h5-7H,3-4H2,1-2H3. The molecule has 0 spiro atoms. The lowest BCUT2D eigenvalue weighted by Gasteiger charge is -2.18. The molecule has 0 aliphatic rings. The van der Waals surface area contributed by atoms with Gasteiger partial charge in [-0.1, -0.05) is 11.6 Å². The Bertz CT molecular complexity index is 364. The maximum Gasteiger partial charge on any atom is 0.253 e. The lowest BCUT2D eigenvalue weighted by Crippen LogP contribution is -2.30. The van der Waals surface area contributed by atoms with E-state index in [1.165, 1.54) is 0 Å². The van der Waals surface area contributed by atoms with Crippen molar-refractivity contribution in [3.63, 3.8) is 0 Å². The van der Waals surface area contributed by atoms with Crippen LogP contribution in [-0.4, -0.2) is 23.9 Å². The summed E-state index contributed by atoms with van der Waals surface area (Å²) >= 11 is 8.11. The van der Waals surface area contributed by atoms with Gasteiger partial charge >= 0.3 is 0 Å². The fourth-order valence-electron chi connectivity index (χ4n) is 1.32. The fourth-order valence-corrected chi connectivity index (χ4v) is 1.84. The third-order valence-electron chi connectivity index (χ3n) is 2.22. The highest BCUT2D eigenvalue weighted by atomic mass is 127. The second-order valence-electron chi connectivity index (χ2n) is 3.11. The number of hydrogen-bond acceptors (Lipinski definition) is 1. The zero-order valence-electron chi connectivity index (χ0n) is 8.76. The predicted molar refractivity (Wildman–Crippen MR) is 71.4 cm³/mol. The van der Waals surface area contributed by atoms with Crippen LogP contribution >= 0.6 is 34.2 Å². The van der Waals surface area contributed by atoms with Crippen LogP contribution in [0.15, 0.2) is 18.2 Å². The van der Waals surface area contributed by atoms with Crippen molar-refractivity contribution in [2.24, 2.45) is 0 Å². The third-order valence-corrected chi connectivity index (χ3v) is 3.79. The molecule has 0 fully saturated rings. The van der Waals surface area contributed by atoms with Crippen molar-refractivity contribution in [1.82, 2.24) is 4.90 Å². The first-order valence-corrected chi connectivity index (χ1v) is 6.30. The zero-order valence-corrected chi connectivity index (χ0v) is 11.7. The minimum atomic E-state index is 0.0401. The normalized spacial score (nSPS) is 10.1. The maximum absolute atomic E-state index is 11.9. The van der Waals surface area contributed by atoms with E-state index >= 15 is 0 Å². The summed E-state index contributed by atoms with van der Waals surface area (Å²) in [5.74, 6) is 0.0401. The van der Waals surface area contributed by atoms with Crippen LogP contribution in [-0.2, 0) is 0 Å². The zero-order chi connectivity index (χ0) is 11.4. The van der Waals surface area contributed by atoms with Crippen molar-refractivity contribution in [3.05, 3.63) is 32.4 Å². The Kier molecular flexibility index (Phi) is 4.86. The molecule has 0 heterocycles. The highest BCUT2D eigenvalue weighted by molar-refractivity contribution is 14.1. The maximum atomic E-state index is 11.9. The van der Waals surface area contributed by atoms with Gasteiger partial charge in [0.25, 0.3) is 5.91 Å². The molecule has 1 aromatic rings. The van der Waals surface area contributed by atoms with E-state index in [9.17, 15) is 4.79 Å². The number of amides is 1. The molecule has 0 aliphatic carbocycles. The molecule has 0 aliphatic heterocycles. The summed E-state index contributed by atoms with van der Waals surface area (Å²) < 4.78 is 0.963. The second kappa shape index (κ2) is 5.70. The molecule has 1 amide bonds. The lowest BCUT2D eigenvalue weighted by atomic mass is 10.2. The molecule has 4 heteroatoms. The van der Waals surface area contributed by atoms with Crippen molar-refractivity contribution in [3.8, 4) is 0 Å². The van der Waals surface area contributed by atoms with Crippen LogP contribution < -0.4 is 0 Å². The summed E-state index contributed by atoms with van der Waals surface area (Å²) in [6.45, 7) is 5.38. The first kappa shape index (κ1) is 12.8. The van der Waals surface area contributed by atoms with E-state index in [-0.39, 0.29) is 5.91 Å². The monoisotopic (exact) mass is 337 g/mol. The highest BCUT2D eigenvalue weighted by Gasteiger charge is 2.13. The molecule has 2 nitrogen and oxygen atoms in total. The fraction of sp³-hybridized carbons (Fsp3) is 0.364. The van der Waals surface area contributed by atoms with Gasteiger partial charge in [-0.2, -0.15) is 0 Å². The van der Waals surface area contributed by atoms with Crippen molar-refractivity contribution in [2.45, 2.75) is 13.8 Å². The Morgan fingerprint density at radius 3 is 2.47 bits per heavy atom. The highest BCUT2D eigenvalue weighted by Crippen LogP contribution is 2.20. The van der Waals surface area contributed by atoms with Gasteiger partial charge in [0, 0.05) is 22.2 Å². The average Bonchev–Trinajstić information content (AvgIpc) is 2.23. The Labute approximate surface area is 109 Å².